The number of ether oxygens (including phenoxy) is 2. The van der Waals surface area contributed by atoms with Gasteiger partial charge in [0.1, 0.15) is 0 Å². The molecule has 0 saturated heterocycles. The smallest absolute Gasteiger partial charge is 0.160 e. The summed E-state index contributed by atoms with van der Waals surface area (Å²) in [6.45, 7) is 4.53. The SMILES string of the molecule is C=CC1CCC(C2CCC(COC3CCC(OC)C(F)C3F)CC2)CC1. The van der Waals surface area contributed by atoms with Crippen molar-refractivity contribution in [1.29, 1.82) is 0 Å². The normalized spacial score (nSPS) is 44.6. The van der Waals surface area contributed by atoms with Crippen LogP contribution in [0.25, 0.3) is 0 Å². The van der Waals surface area contributed by atoms with Gasteiger partial charge in [-0.15, -0.1) is 6.58 Å². The minimum absolute atomic E-state index is 0.515. The molecule has 3 fully saturated rings. The summed E-state index contributed by atoms with van der Waals surface area (Å²) in [6.07, 6.45) is 9.15. The molecular formula is C22H36F2O2. The Morgan fingerprint density at radius 3 is 1.92 bits per heavy atom. The van der Waals surface area contributed by atoms with E-state index in [2.05, 4.69) is 12.7 Å². The lowest BCUT2D eigenvalue weighted by Crippen LogP contribution is -2.46. The molecule has 0 heterocycles. The summed E-state index contributed by atoms with van der Waals surface area (Å²) >= 11 is 0. The molecule has 0 aliphatic heterocycles. The number of hydrogen-bond donors (Lipinski definition) is 0. The van der Waals surface area contributed by atoms with Crippen molar-refractivity contribution >= 4 is 0 Å². The van der Waals surface area contributed by atoms with E-state index in [1.165, 1.54) is 58.5 Å². The Bertz CT molecular complexity index is 428. The van der Waals surface area contributed by atoms with Crippen LogP contribution in [0, 0.1) is 23.7 Å². The number of hydrogen-bond acceptors (Lipinski definition) is 2. The zero-order valence-corrected chi connectivity index (χ0v) is 16.3. The molecule has 0 N–H and O–H groups in total. The van der Waals surface area contributed by atoms with Gasteiger partial charge in [0.2, 0.25) is 0 Å². The number of rotatable bonds is 6. The van der Waals surface area contributed by atoms with Crippen molar-refractivity contribution in [2.45, 2.75) is 88.8 Å². The zero-order chi connectivity index (χ0) is 18.5. The summed E-state index contributed by atoms with van der Waals surface area (Å²) in [4.78, 5) is 0. The lowest BCUT2D eigenvalue weighted by Gasteiger charge is -2.38. The largest absolute Gasteiger partial charge is 0.378 e. The average molecular weight is 371 g/mol. The molecule has 0 aromatic rings. The minimum atomic E-state index is -1.56. The van der Waals surface area contributed by atoms with Crippen LogP contribution in [0.2, 0.25) is 0 Å². The fraction of sp³-hybridized carbons (Fsp3) is 0.909. The van der Waals surface area contributed by atoms with Crippen LogP contribution in [0.5, 0.6) is 0 Å². The molecule has 4 atom stereocenters. The van der Waals surface area contributed by atoms with Gasteiger partial charge in [0.25, 0.3) is 0 Å². The second-order valence-corrected chi connectivity index (χ2v) is 8.80. The lowest BCUT2D eigenvalue weighted by atomic mass is 9.69. The first kappa shape index (κ1) is 20.3. The van der Waals surface area contributed by atoms with Gasteiger partial charge in [0.05, 0.1) is 12.2 Å². The molecule has 0 bridgehead atoms. The van der Waals surface area contributed by atoms with Crippen LogP contribution in [0.1, 0.15) is 64.2 Å². The molecule has 4 heteroatoms. The Hall–Kier alpha value is -0.480. The summed E-state index contributed by atoms with van der Waals surface area (Å²) < 4.78 is 39.0. The first-order chi connectivity index (χ1) is 12.6. The number of halogens is 2. The molecule has 0 aromatic heterocycles. The van der Waals surface area contributed by atoms with E-state index in [0.717, 1.165) is 17.8 Å². The van der Waals surface area contributed by atoms with Crippen molar-refractivity contribution in [3.05, 3.63) is 12.7 Å². The molecule has 4 unspecified atom stereocenters. The molecule has 0 spiro atoms. The standard InChI is InChI=1S/C22H36F2O2/c1-3-15-4-8-17(9-5-15)18-10-6-16(7-11-18)14-26-20-13-12-19(25-2)21(23)22(20)24/h3,15-22H,1,4-14H2,2H3. The van der Waals surface area contributed by atoms with Crippen molar-refractivity contribution in [2.24, 2.45) is 23.7 Å². The van der Waals surface area contributed by atoms with E-state index in [9.17, 15) is 8.78 Å². The molecule has 2 nitrogen and oxygen atoms in total. The molecule has 0 aromatic carbocycles. The van der Waals surface area contributed by atoms with E-state index in [0.29, 0.717) is 25.4 Å². The van der Waals surface area contributed by atoms with Gasteiger partial charge >= 0.3 is 0 Å². The van der Waals surface area contributed by atoms with Gasteiger partial charge < -0.3 is 9.47 Å². The second kappa shape index (κ2) is 9.64. The summed E-state index contributed by atoms with van der Waals surface area (Å²) in [5.41, 5.74) is 0. The molecule has 150 valence electrons. The van der Waals surface area contributed by atoms with Crippen LogP contribution in [0.4, 0.5) is 8.78 Å². The number of alkyl halides is 2. The minimum Gasteiger partial charge on any atom is -0.378 e. The van der Waals surface area contributed by atoms with Gasteiger partial charge in [-0.05, 0) is 87.9 Å². The summed E-state index contributed by atoms with van der Waals surface area (Å²) in [6, 6.07) is 0. The maximum Gasteiger partial charge on any atom is 0.160 e. The van der Waals surface area contributed by atoms with Crippen molar-refractivity contribution < 1.29 is 18.3 Å². The highest BCUT2D eigenvalue weighted by Crippen LogP contribution is 2.41. The first-order valence-electron chi connectivity index (χ1n) is 10.7. The van der Waals surface area contributed by atoms with E-state index in [-0.39, 0.29) is 0 Å². The maximum atomic E-state index is 14.2. The van der Waals surface area contributed by atoms with Gasteiger partial charge in [0.15, 0.2) is 12.3 Å². The van der Waals surface area contributed by atoms with Crippen LogP contribution >= 0.6 is 0 Å². The van der Waals surface area contributed by atoms with Crippen molar-refractivity contribution in [1.82, 2.24) is 0 Å². The molecule has 0 amide bonds. The van der Waals surface area contributed by atoms with Gasteiger partial charge in [-0.2, -0.15) is 0 Å². The molecule has 3 saturated carbocycles. The topological polar surface area (TPSA) is 18.5 Å². The van der Waals surface area contributed by atoms with Crippen LogP contribution < -0.4 is 0 Å². The molecule has 0 radical (unpaired) electrons. The third-order valence-corrected chi connectivity index (χ3v) is 7.31. The number of allylic oxidation sites excluding steroid dienone is 1. The quantitative estimate of drug-likeness (QED) is 0.562. The van der Waals surface area contributed by atoms with E-state index in [1.807, 2.05) is 0 Å². The summed E-state index contributed by atoms with van der Waals surface area (Å²) in [5, 5.41) is 0. The third-order valence-electron chi connectivity index (χ3n) is 7.31. The van der Waals surface area contributed by atoms with Crippen molar-refractivity contribution in [3.8, 4) is 0 Å². The first-order valence-corrected chi connectivity index (χ1v) is 10.7. The van der Waals surface area contributed by atoms with Crippen molar-refractivity contribution in [2.75, 3.05) is 13.7 Å². The molecule has 3 aliphatic carbocycles. The Labute approximate surface area is 157 Å². The second-order valence-electron chi connectivity index (χ2n) is 8.80. The van der Waals surface area contributed by atoms with Crippen LogP contribution in [0.15, 0.2) is 12.7 Å². The fourth-order valence-corrected chi connectivity index (χ4v) is 5.42. The average Bonchev–Trinajstić information content (AvgIpc) is 2.70. The zero-order valence-electron chi connectivity index (χ0n) is 16.3. The van der Waals surface area contributed by atoms with E-state index < -0.39 is 24.6 Å². The molecule has 3 aliphatic rings. The Morgan fingerprint density at radius 2 is 1.35 bits per heavy atom. The molecular weight excluding hydrogens is 334 g/mol. The summed E-state index contributed by atoms with van der Waals surface area (Å²) in [7, 11) is 1.45. The number of methoxy groups -OCH3 is 1. The molecule has 26 heavy (non-hydrogen) atoms. The summed E-state index contributed by atoms with van der Waals surface area (Å²) in [5.74, 6) is 3.00. The van der Waals surface area contributed by atoms with E-state index in [1.54, 1.807) is 0 Å². The van der Waals surface area contributed by atoms with Gasteiger partial charge in [0, 0.05) is 13.7 Å². The molecule has 3 rings (SSSR count). The Kier molecular flexibility index (Phi) is 7.51. The van der Waals surface area contributed by atoms with E-state index >= 15 is 0 Å². The van der Waals surface area contributed by atoms with E-state index in [4.69, 9.17) is 9.47 Å². The monoisotopic (exact) mass is 370 g/mol. The highest BCUT2D eigenvalue weighted by Gasteiger charge is 2.41. The third kappa shape index (κ3) is 4.86. The van der Waals surface area contributed by atoms with Gasteiger partial charge in [-0.25, -0.2) is 8.78 Å². The lowest BCUT2D eigenvalue weighted by molar-refractivity contribution is -0.115. The fourth-order valence-electron chi connectivity index (χ4n) is 5.42. The van der Waals surface area contributed by atoms with Crippen molar-refractivity contribution in [3.63, 3.8) is 0 Å². The maximum absolute atomic E-state index is 14.2. The van der Waals surface area contributed by atoms with Crippen LogP contribution in [0.3, 0.4) is 0 Å². The Balaban J connectivity index is 1.36. The Morgan fingerprint density at radius 1 is 0.808 bits per heavy atom. The van der Waals surface area contributed by atoms with Crippen LogP contribution in [-0.2, 0) is 9.47 Å². The highest BCUT2D eigenvalue weighted by molar-refractivity contribution is 4.90. The predicted octanol–water partition coefficient (Wildman–Crippen LogP) is 5.66. The van der Waals surface area contributed by atoms with Gasteiger partial charge in [-0.3, -0.25) is 0 Å². The van der Waals surface area contributed by atoms with Gasteiger partial charge in [-0.1, -0.05) is 6.08 Å². The predicted molar refractivity (Wildman–Crippen MR) is 101 cm³/mol. The highest BCUT2D eigenvalue weighted by atomic mass is 19.2. The van der Waals surface area contributed by atoms with Crippen LogP contribution in [-0.4, -0.2) is 38.3 Å².